The molecule has 0 aromatic heterocycles. The first kappa shape index (κ1) is 21.1. The molecule has 0 unspecified atom stereocenters. The molecule has 3 amide bonds. The Hall–Kier alpha value is -2.62. The van der Waals surface area contributed by atoms with E-state index >= 15 is 0 Å². The number of carbonyl (C=O) groups is 2. The Morgan fingerprint density at radius 2 is 1.62 bits per heavy atom. The van der Waals surface area contributed by atoms with Gasteiger partial charge in [-0.15, -0.1) is 0 Å². The molecule has 3 rings (SSSR count). The number of nitrogens with two attached hydrogens (primary N) is 1. The van der Waals surface area contributed by atoms with E-state index in [1.807, 2.05) is 0 Å². The maximum absolute atomic E-state index is 12.9. The van der Waals surface area contributed by atoms with Gasteiger partial charge in [-0.25, -0.2) is 13.2 Å². The number of rotatable bonds is 5. The minimum atomic E-state index is -3.78. The fourth-order valence-electron chi connectivity index (χ4n) is 3.11. The first-order valence-corrected chi connectivity index (χ1v) is 10.9. The number of amides is 3. The Kier molecular flexibility index (Phi) is 6.41. The maximum Gasteiger partial charge on any atom is 0.316 e. The summed E-state index contributed by atoms with van der Waals surface area (Å²) in [5, 5.41) is 5.15. The van der Waals surface area contributed by atoms with Gasteiger partial charge < -0.3 is 16.4 Å². The van der Waals surface area contributed by atoms with Gasteiger partial charge in [-0.1, -0.05) is 24.1 Å². The van der Waals surface area contributed by atoms with E-state index in [1.165, 1.54) is 28.6 Å². The number of halogens is 1. The number of hydrogen-bond acceptors (Lipinski definition) is 4. The molecule has 2 aromatic rings. The molecule has 10 heteroatoms. The van der Waals surface area contributed by atoms with Crippen molar-refractivity contribution in [3.8, 4) is 0 Å². The minimum absolute atomic E-state index is 0.0692. The van der Waals surface area contributed by atoms with Crippen LogP contribution in [0.1, 0.15) is 29.6 Å². The molecule has 0 spiro atoms. The van der Waals surface area contributed by atoms with Gasteiger partial charge in [0.25, 0.3) is 5.91 Å². The zero-order valence-corrected chi connectivity index (χ0v) is 17.1. The highest BCUT2D eigenvalue weighted by Crippen LogP contribution is 2.28. The highest BCUT2D eigenvalue weighted by Gasteiger charge is 2.28. The molecular weight excluding hydrogens is 416 g/mol. The van der Waals surface area contributed by atoms with Crippen LogP contribution in [-0.2, 0) is 10.0 Å². The SMILES string of the molecule is NC(=O)Nc1cccc(NC(=O)c2ccc(Cl)c(S(=O)(=O)N3CCCCC3)c2)c1. The summed E-state index contributed by atoms with van der Waals surface area (Å²) in [6, 6.07) is 9.83. The first-order chi connectivity index (χ1) is 13.8. The maximum atomic E-state index is 12.9. The van der Waals surface area contributed by atoms with Gasteiger partial charge >= 0.3 is 6.03 Å². The topological polar surface area (TPSA) is 122 Å². The molecule has 2 aromatic carbocycles. The Morgan fingerprint density at radius 3 is 2.28 bits per heavy atom. The van der Waals surface area contributed by atoms with E-state index < -0.39 is 22.0 Å². The quantitative estimate of drug-likeness (QED) is 0.665. The normalized spacial score (nSPS) is 14.9. The second-order valence-corrected chi connectivity index (χ2v) is 8.95. The van der Waals surface area contributed by atoms with Gasteiger partial charge in [0.2, 0.25) is 10.0 Å². The summed E-state index contributed by atoms with van der Waals surface area (Å²) in [6.45, 7) is 0.878. The Balaban J connectivity index is 1.83. The van der Waals surface area contributed by atoms with E-state index in [2.05, 4.69) is 10.6 Å². The van der Waals surface area contributed by atoms with Gasteiger partial charge in [-0.3, -0.25) is 4.79 Å². The predicted octanol–water partition coefficient (Wildman–Crippen LogP) is 3.26. The van der Waals surface area contributed by atoms with E-state index in [9.17, 15) is 18.0 Å². The minimum Gasteiger partial charge on any atom is -0.351 e. The molecule has 0 atom stereocenters. The Bertz CT molecular complexity index is 1040. The number of primary amides is 1. The van der Waals surface area contributed by atoms with Gasteiger partial charge in [0, 0.05) is 30.0 Å². The number of benzene rings is 2. The molecule has 0 aliphatic carbocycles. The van der Waals surface area contributed by atoms with Crippen molar-refractivity contribution < 1.29 is 18.0 Å². The van der Waals surface area contributed by atoms with E-state index in [4.69, 9.17) is 17.3 Å². The van der Waals surface area contributed by atoms with Crippen LogP contribution in [0.4, 0.5) is 16.2 Å². The van der Waals surface area contributed by atoms with Crippen LogP contribution in [0, 0.1) is 0 Å². The van der Waals surface area contributed by atoms with Crippen LogP contribution in [0.3, 0.4) is 0 Å². The molecule has 1 aliphatic heterocycles. The van der Waals surface area contributed by atoms with E-state index in [1.54, 1.807) is 18.2 Å². The highest BCUT2D eigenvalue weighted by atomic mass is 35.5. The fraction of sp³-hybridized carbons (Fsp3) is 0.263. The second kappa shape index (κ2) is 8.81. The summed E-state index contributed by atoms with van der Waals surface area (Å²) in [7, 11) is -3.78. The van der Waals surface area contributed by atoms with Crippen molar-refractivity contribution in [2.75, 3.05) is 23.7 Å². The van der Waals surface area contributed by atoms with E-state index in [0.717, 1.165) is 19.3 Å². The standard InChI is InChI=1S/C19H21ClN4O4S/c20-16-8-7-13(11-17(16)29(27,28)24-9-2-1-3-10-24)18(25)22-14-5-4-6-15(12-14)23-19(21)26/h4-8,11-12H,1-3,9-10H2,(H,22,25)(H3,21,23,26). The number of anilines is 2. The van der Waals surface area contributed by atoms with Crippen LogP contribution in [0.25, 0.3) is 0 Å². The molecule has 0 radical (unpaired) electrons. The number of hydrogen-bond donors (Lipinski definition) is 3. The van der Waals surface area contributed by atoms with Gasteiger partial charge in [-0.2, -0.15) is 4.31 Å². The number of urea groups is 1. The average molecular weight is 437 g/mol. The van der Waals surface area contributed by atoms with Crippen molar-refractivity contribution in [3.63, 3.8) is 0 Å². The molecule has 8 nitrogen and oxygen atoms in total. The summed E-state index contributed by atoms with van der Waals surface area (Å²) < 4.78 is 27.3. The van der Waals surface area contributed by atoms with Gasteiger partial charge in [0.05, 0.1) is 5.02 Å². The third-order valence-corrected chi connectivity index (χ3v) is 6.89. The third-order valence-electron chi connectivity index (χ3n) is 4.51. The van der Waals surface area contributed by atoms with Crippen LogP contribution in [-0.4, -0.2) is 37.8 Å². The zero-order valence-electron chi connectivity index (χ0n) is 15.5. The molecular formula is C19H21ClN4O4S. The summed E-state index contributed by atoms with van der Waals surface area (Å²) in [5.41, 5.74) is 6.07. The van der Waals surface area contributed by atoms with Gasteiger partial charge in [0.15, 0.2) is 0 Å². The van der Waals surface area contributed by atoms with Crippen LogP contribution < -0.4 is 16.4 Å². The van der Waals surface area contributed by atoms with Gasteiger partial charge in [-0.05, 0) is 49.2 Å². The molecule has 1 fully saturated rings. The van der Waals surface area contributed by atoms with Crippen LogP contribution in [0.15, 0.2) is 47.4 Å². The molecule has 1 aliphatic rings. The molecule has 0 bridgehead atoms. The predicted molar refractivity (Wildman–Crippen MR) is 112 cm³/mol. The number of piperidine rings is 1. The summed E-state index contributed by atoms with van der Waals surface area (Å²) in [6.07, 6.45) is 2.59. The summed E-state index contributed by atoms with van der Waals surface area (Å²) >= 11 is 6.14. The van der Waals surface area contributed by atoms with Crippen molar-refractivity contribution in [3.05, 3.63) is 53.1 Å². The lowest BCUT2D eigenvalue weighted by atomic mass is 10.2. The van der Waals surface area contributed by atoms with Crippen molar-refractivity contribution in [1.82, 2.24) is 4.31 Å². The molecule has 154 valence electrons. The molecule has 4 N–H and O–H groups in total. The summed E-state index contributed by atoms with van der Waals surface area (Å²) in [4.78, 5) is 23.5. The van der Waals surface area contributed by atoms with Crippen molar-refractivity contribution in [2.24, 2.45) is 5.73 Å². The second-order valence-electron chi connectivity index (χ2n) is 6.63. The zero-order chi connectivity index (χ0) is 21.0. The lowest BCUT2D eigenvalue weighted by molar-refractivity contribution is 0.102. The lowest BCUT2D eigenvalue weighted by Crippen LogP contribution is -2.35. The van der Waals surface area contributed by atoms with Crippen LogP contribution >= 0.6 is 11.6 Å². The molecule has 29 heavy (non-hydrogen) atoms. The molecule has 0 saturated carbocycles. The van der Waals surface area contributed by atoms with Crippen molar-refractivity contribution >= 4 is 44.9 Å². The fourth-order valence-corrected chi connectivity index (χ4v) is 5.12. The monoisotopic (exact) mass is 436 g/mol. The summed E-state index contributed by atoms with van der Waals surface area (Å²) in [5.74, 6) is -0.506. The first-order valence-electron chi connectivity index (χ1n) is 9.05. The Labute approximate surface area is 174 Å². The van der Waals surface area contributed by atoms with Crippen LogP contribution in [0.5, 0.6) is 0 Å². The smallest absolute Gasteiger partial charge is 0.316 e. The molecule has 1 heterocycles. The average Bonchev–Trinajstić information content (AvgIpc) is 2.68. The number of sulfonamides is 1. The number of nitrogens with zero attached hydrogens (tertiary/aromatic N) is 1. The van der Waals surface area contributed by atoms with Crippen molar-refractivity contribution in [2.45, 2.75) is 24.2 Å². The number of nitrogens with one attached hydrogen (secondary N) is 2. The van der Waals surface area contributed by atoms with E-state index in [-0.39, 0.29) is 15.5 Å². The largest absolute Gasteiger partial charge is 0.351 e. The third kappa shape index (κ3) is 5.06. The lowest BCUT2D eigenvalue weighted by Gasteiger charge is -2.26. The molecule has 1 saturated heterocycles. The Morgan fingerprint density at radius 1 is 0.966 bits per heavy atom. The highest BCUT2D eigenvalue weighted by molar-refractivity contribution is 7.89. The number of carbonyl (C=O) groups excluding carboxylic acids is 2. The van der Waals surface area contributed by atoms with E-state index in [0.29, 0.717) is 24.5 Å². The van der Waals surface area contributed by atoms with Crippen molar-refractivity contribution in [1.29, 1.82) is 0 Å². The van der Waals surface area contributed by atoms with Gasteiger partial charge in [0.1, 0.15) is 4.90 Å². The van der Waals surface area contributed by atoms with Crippen LogP contribution in [0.2, 0.25) is 5.02 Å².